The first-order valence-electron chi connectivity index (χ1n) is 8.05. The summed E-state index contributed by atoms with van der Waals surface area (Å²) in [6.07, 6.45) is 4.68. The van der Waals surface area contributed by atoms with Crippen molar-refractivity contribution in [3.8, 4) is 5.75 Å². The van der Waals surface area contributed by atoms with Gasteiger partial charge in [0.25, 0.3) is 0 Å². The Bertz CT molecular complexity index is 537. The summed E-state index contributed by atoms with van der Waals surface area (Å²) in [7, 11) is 1.57. The van der Waals surface area contributed by atoms with Crippen molar-refractivity contribution in [2.75, 3.05) is 25.5 Å². The summed E-state index contributed by atoms with van der Waals surface area (Å²) in [5.41, 5.74) is 1.41. The van der Waals surface area contributed by atoms with Crippen molar-refractivity contribution in [3.05, 3.63) is 23.8 Å². The molecule has 0 aromatic heterocycles. The minimum absolute atomic E-state index is 0.00202. The van der Waals surface area contributed by atoms with Crippen LogP contribution in [0.5, 0.6) is 5.75 Å². The molecule has 1 aliphatic carbocycles. The van der Waals surface area contributed by atoms with Crippen LogP contribution in [0.1, 0.15) is 31.2 Å². The fourth-order valence-electron chi connectivity index (χ4n) is 3.31. The highest BCUT2D eigenvalue weighted by molar-refractivity contribution is 5.95. The zero-order chi connectivity index (χ0) is 15.5. The fraction of sp³-hybridized carbons (Fsp3) is 0.588. The summed E-state index contributed by atoms with van der Waals surface area (Å²) >= 11 is 0. The van der Waals surface area contributed by atoms with Gasteiger partial charge >= 0.3 is 0 Å². The number of amides is 1. The highest BCUT2D eigenvalue weighted by atomic mass is 16.5. The molecular weight excluding hydrogens is 280 g/mol. The maximum atomic E-state index is 12.7. The number of rotatable bonds is 6. The lowest BCUT2D eigenvalue weighted by molar-refractivity contribution is -0.121. The molecule has 1 aromatic rings. The highest BCUT2D eigenvalue weighted by Crippen LogP contribution is 2.37. The molecule has 5 nitrogen and oxygen atoms in total. The Hall–Kier alpha value is -1.59. The zero-order valence-corrected chi connectivity index (χ0v) is 13.0. The van der Waals surface area contributed by atoms with Crippen molar-refractivity contribution in [1.29, 1.82) is 0 Å². The highest BCUT2D eigenvalue weighted by Gasteiger charge is 2.40. The van der Waals surface area contributed by atoms with Crippen LogP contribution in [-0.4, -0.2) is 42.2 Å². The van der Waals surface area contributed by atoms with E-state index >= 15 is 0 Å². The summed E-state index contributed by atoms with van der Waals surface area (Å²) in [6.45, 7) is 1.95. The fourth-order valence-corrected chi connectivity index (χ4v) is 3.31. The number of ether oxygens (including phenoxy) is 1. The molecule has 1 atom stereocenters. The lowest BCUT2D eigenvalue weighted by Crippen LogP contribution is -2.44. The molecule has 22 heavy (non-hydrogen) atoms. The van der Waals surface area contributed by atoms with Crippen LogP contribution in [0, 0.1) is 5.92 Å². The first kappa shape index (κ1) is 15.3. The first-order chi connectivity index (χ1) is 10.7. The van der Waals surface area contributed by atoms with Gasteiger partial charge in [-0.05, 0) is 62.9 Å². The van der Waals surface area contributed by atoms with Crippen molar-refractivity contribution in [2.45, 2.75) is 38.3 Å². The number of methoxy groups -OCH3 is 1. The van der Waals surface area contributed by atoms with E-state index in [1.165, 1.54) is 12.8 Å². The minimum atomic E-state index is -0.106. The number of carbonyl (C=O) groups excluding carboxylic acids is 1. The van der Waals surface area contributed by atoms with Crippen molar-refractivity contribution < 1.29 is 14.6 Å². The van der Waals surface area contributed by atoms with E-state index in [9.17, 15) is 9.90 Å². The number of nitrogens with one attached hydrogen (secondary N) is 1. The second-order valence-corrected chi connectivity index (χ2v) is 6.20. The molecule has 1 aliphatic heterocycles. The number of aliphatic hydroxyl groups excluding tert-OH is 1. The van der Waals surface area contributed by atoms with Crippen molar-refractivity contribution in [1.82, 2.24) is 4.90 Å². The third kappa shape index (κ3) is 3.25. The Morgan fingerprint density at radius 3 is 2.73 bits per heavy atom. The van der Waals surface area contributed by atoms with Gasteiger partial charge in [0.2, 0.25) is 5.91 Å². The van der Waals surface area contributed by atoms with E-state index in [0.717, 1.165) is 31.6 Å². The summed E-state index contributed by atoms with van der Waals surface area (Å²) in [4.78, 5) is 15.0. The van der Waals surface area contributed by atoms with Gasteiger partial charge in [-0.3, -0.25) is 9.69 Å². The Labute approximate surface area is 131 Å². The summed E-state index contributed by atoms with van der Waals surface area (Å²) < 4.78 is 5.19. The SMILES string of the molecule is COc1ccc(NC(=O)[C@H](C2CC2)N2CCCC2)cc1CO. The second kappa shape index (κ2) is 6.67. The number of anilines is 1. The smallest absolute Gasteiger partial charge is 0.242 e. The van der Waals surface area contributed by atoms with E-state index in [1.807, 2.05) is 6.07 Å². The van der Waals surface area contributed by atoms with Crippen LogP contribution in [0.3, 0.4) is 0 Å². The number of benzene rings is 1. The maximum absolute atomic E-state index is 12.7. The van der Waals surface area contributed by atoms with E-state index in [0.29, 0.717) is 17.2 Å². The predicted octanol–water partition coefficient (Wildman–Crippen LogP) is 2.00. The van der Waals surface area contributed by atoms with Gasteiger partial charge in [-0.2, -0.15) is 0 Å². The van der Waals surface area contributed by atoms with Crippen LogP contribution in [-0.2, 0) is 11.4 Å². The molecule has 1 amide bonds. The molecular formula is C17H24N2O3. The lowest BCUT2D eigenvalue weighted by Gasteiger charge is -2.26. The molecule has 0 radical (unpaired) electrons. The first-order valence-corrected chi connectivity index (χ1v) is 8.05. The van der Waals surface area contributed by atoms with Gasteiger partial charge in [-0.1, -0.05) is 0 Å². The van der Waals surface area contributed by atoms with Crippen molar-refractivity contribution in [3.63, 3.8) is 0 Å². The molecule has 1 saturated carbocycles. The van der Waals surface area contributed by atoms with Gasteiger partial charge in [-0.15, -0.1) is 0 Å². The van der Waals surface area contributed by atoms with Crippen molar-refractivity contribution >= 4 is 11.6 Å². The quantitative estimate of drug-likeness (QED) is 0.844. The third-order valence-corrected chi connectivity index (χ3v) is 4.59. The molecule has 0 unspecified atom stereocenters. The monoisotopic (exact) mass is 304 g/mol. The van der Waals surface area contributed by atoms with E-state index < -0.39 is 0 Å². The van der Waals surface area contributed by atoms with Gasteiger partial charge < -0.3 is 15.2 Å². The van der Waals surface area contributed by atoms with Gasteiger partial charge in [0, 0.05) is 11.3 Å². The topological polar surface area (TPSA) is 61.8 Å². The number of nitrogens with zero attached hydrogens (tertiary/aromatic N) is 1. The average Bonchev–Trinajstić information content (AvgIpc) is 3.21. The van der Waals surface area contributed by atoms with E-state index in [2.05, 4.69) is 10.2 Å². The van der Waals surface area contributed by atoms with E-state index in [1.54, 1.807) is 19.2 Å². The molecule has 2 fully saturated rings. The van der Waals surface area contributed by atoms with Gasteiger partial charge in [0.1, 0.15) is 5.75 Å². The largest absolute Gasteiger partial charge is 0.496 e. The van der Waals surface area contributed by atoms with Crippen LogP contribution < -0.4 is 10.1 Å². The minimum Gasteiger partial charge on any atom is -0.496 e. The molecule has 1 saturated heterocycles. The predicted molar refractivity (Wildman–Crippen MR) is 84.9 cm³/mol. The number of likely N-dealkylation sites (tertiary alicyclic amines) is 1. The molecule has 0 bridgehead atoms. The Morgan fingerprint density at radius 2 is 2.14 bits per heavy atom. The van der Waals surface area contributed by atoms with Crippen LogP contribution >= 0.6 is 0 Å². The molecule has 0 spiro atoms. The molecule has 2 aliphatic rings. The molecule has 2 N–H and O–H groups in total. The summed E-state index contributed by atoms with van der Waals surface area (Å²) in [5.74, 6) is 1.23. The van der Waals surface area contributed by atoms with Crippen LogP contribution in [0.4, 0.5) is 5.69 Å². The summed E-state index contributed by atoms with van der Waals surface area (Å²) in [5, 5.41) is 12.4. The molecule has 3 rings (SSSR count). The standard InChI is InChI=1S/C17H24N2O3/c1-22-15-7-6-14(10-13(15)11-20)18-17(21)16(12-4-5-12)19-8-2-3-9-19/h6-7,10,12,16,20H,2-5,8-9,11H2,1H3,(H,18,21)/t16-/m0/s1. The van der Waals surface area contributed by atoms with E-state index in [-0.39, 0.29) is 18.6 Å². The van der Waals surface area contributed by atoms with E-state index in [4.69, 9.17) is 4.74 Å². The van der Waals surface area contributed by atoms with Gasteiger partial charge in [-0.25, -0.2) is 0 Å². The third-order valence-electron chi connectivity index (χ3n) is 4.59. The number of hydrogen-bond acceptors (Lipinski definition) is 4. The second-order valence-electron chi connectivity index (χ2n) is 6.20. The Morgan fingerprint density at radius 1 is 1.41 bits per heavy atom. The van der Waals surface area contributed by atoms with Gasteiger partial charge in [0.15, 0.2) is 0 Å². The molecule has 120 valence electrons. The van der Waals surface area contributed by atoms with Crippen molar-refractivity contribution in [2.24, 2.45) is 5.92 Å². The zero-order valence-electron chi connectivity index (χ0n) is 13.0. The molecule has 1 heterocycles. The molecule has 5 heteroatoms. The maximum Gasteiger partial charge on any atom is 0.242 e. The Balaban J connectivity index is 1.72. The van der Waals surface area contributed by atoms with Crippen LogP contribution in [0.15, 0.2) is 18.2 Å². The number of hydrogen-bond donors (Lipinski definition) is 2. The Kier molecular flexibility index (Phi) is 4.64. The number of aliphatic hydroxyl groups is 1. The molecule has 1 aromatic carbocycles. The number of carbonyl (C=O) groups is 1. The lowest BCUT2D eigenvalue weighted by atomic mass is 10.1. The van der Waals surface area contributed by atoms with Crippen LogP contribution in [0.25, 0.3) is 0 Å². The summed E-state index contributed by atoms with van der Waals surface area (Å²) in [6, 6.07) is 5.39. The average molecular weight is 304 g/mol. The normalized spacial score (nSPS) is 19.9. The van der Waals surface area contributed by atoms with Gasteiger partial charge in [0.05, 0.1) is 19.8 Å². The van der Waals surface area contributed by atoms with Crippen LogP contribution in [0.2, 0.25) is 0 Å².